The molecule has 1 aliphatic heterocycles. The van der Waals surface area contributed by atoms with Crippen molar-refractivity contribution >= 4 is 36.6 Å². The number of hydrogen-bond donors (Lipinski definition) is 2. The molecule has 0 atom stereocenters. The Balaban J connectivity index is 0.00000288. The van der Waals surface area contributed by atoms with Crippen molar-refractivity contribution in [3.8, 4) is 0 Å². The van der Waals surface area contributed by atoms with Crippen LogP contribution in [0.2, 0.25) is 0 Å². The topological polar surface area (TPSA) is 88.2 Å². The summed E-state index contributed by atoms with van der Waals surface area (Å²) in [6.07, 6.45) is 1.95. The minimum Gasteiger partial charge on any atom is -0.465 e. The van der Waals surface area contributed by atoms with Gasteiger partial charge in [0.15, 0.2) is 0 Å². The molecule has 1 saturated heterocycles. The number of halogens is 2. The Kier molecular flexibility index (Phi) is 10.5. The molecule has 8 heteroatoms. The number of ether oxygens (including phenoxy) is 1. The highest BCUT2D eigenvalue weighted by molar-refractivity contribution is 5.85. The van der Waals surface area contributed by atoms with E-state index in [1.54, 1.807) is 0 Å². The number of rotatable bonds is 6. The van der Waals surface area contributed by atoms with Crippen LogP contribution in [0.1, 0.15) is 31.7 Å². The molecule has 0 amide bonds. The lowest BCUT2D eigenvalue weighted by atomic mass is 9.72. The van der Waals surface area contributed by atoms with E-state index in [0.29, 0.717) is 25.9 Å². The average molecular weight is 392 g/mol. The van der Waals surface area contributed by atoms with Crippen LogP contribution < -0.4 is 5.73 Å². The van der Waals surface area contributed by atoms with Crippen LogP contribution in [0.3, 0.4) is 0 Å². The first kappa shape index (κ1) is 23.5. The molecule has 6 nitrogen and oxygen atoms in total. The van der Waals surface area contributed by atoms with E-state index in [1.807, 2.05) is 37.3 Å². The molecule has 1 heterocycles. The number of esters is 1. The number of amidine groups is 1. The van der Waals surface area contributed by atoms with Crippen LogP contribution in [0.4, 0.5) is 0 Å². The molecule has 3 N–H and O–H groups in total. The van der Waals surface area contributed by atoms with Gasteiger partial charge >= 0.3 is 5.97 Å². The van der Waals surface area contributed by atoms with Gasteiger partial charge in [0.1, 0.15) is 5.84 Å². The Morgan fingerprint density at radius 1 is 1.28 bits per heavy atom. The fourth-order valence-corrected chi connectivity index (χ4v) is 3.12. The smallest absolute Gasteiger partial charge is 0.316 e. The summed E-state index contributed by atoms with van der Waals surface area (Å²) in [5.41, 5.74) is 5.98. The van der Waals surface area contributed by atoms with Crippen molar-refractivity contribution in [1.29, 1.82) is 0 Å². The first-order valence-corrected chi connectivity index (χ1v) is 8.04. The maximum atomic E-state index is 12.6. The van der Waals surface area contributed by atoms with Crippen molar-refractivity contribution in [3.63, 3.8) is 0 Å². The van der Waals surface area contributed by atoms with Gasteiger partial charge in [-0.15, -0.1) is 24.8 Å². The average Bonchev–Trinajstić information content (AvgIpc) is 2.61. The first-order valence-electron chi connectivity index (χ1n) is 8.04. The molecule has 0 bridgehead atoms. The Morgan fingerprint density at radius 2 is 1.88 bits per heavy atom. The fraction of sp³-hybridized carbons (Fsp3) is 0.529. The minimum atomic E-state index is -0.565. The Bertz CT molecular complexity index is 547. The van der Waals surface area contributed by atoms with E-state index >= 15 is 0 Å². The third kappa shape index (κ3) is 5.76. The van der Waals surface area contributed by atoms with E-state index in [-0.39, 0.29) is 36.6 Å². The highest BCUT2D eigenvalue weighted by Crippen LogP contribution is 2.36. The minimum absolute atomic E-state index is 0. The predicted molar refractivity (Wildman–Crippen MR) is 103 cm³/mol. The lowest BCUT2D eigenvalue weighted by molar-refractivity contribution is -0.152. The summed E-state index contributed by atoms with van der Waals surface area (Å²) in [5, 5.41) is 11.6. The third-order valence-electron chi connectivity index (χ3n) is 4.51. The van der Waals surface area contributed by atoms with Gasteiger partial charge < -0.3 is 20.6 Å². The summed E-state index contributed by atoms with van der Waals surface area (Å²) in [6, 6.07) is 9.88. The van der Waals surface area contributed by atoms with Crippen LogP contribution in [0, 0.1) is 0 Å². The Hall–Kier alpha value is -1.50. The molecule has 1 fully saturated rings. The molecular weight excluding hydrogens is 365 g/mol. The number of oxime groups is 1. The number of hydrogen-bond acceptors (Lipinski definition) is 5. The van der Waals surface area contributed by atoms with Crippen LogP contribution in [0.5, 0.6) is 0 Å². The number of likely N-dealkylation sites (tertiary alicyclic amines) is 1. The molecule has 142 valence electrons. The van der Waals surface area contributed by atoms with Gasteiger partial charge in [-0.3, -0.25) is 4.79 Å². The van der Waals surface area contributed by atoms with Crippen LogP contribution in [-0.2, 0) is 14.9 Å². The van der Waals surface area contributed by atoms with Gasteiger partial charge in [-0.25, -0.2) is 0 Å². The van der Waals surface area contributed by atoms with Crippen molar-refractivity contribution in [2.45, 2.75) is 31.6 Å². The van der Waals surface area contributed by atoms with Gasteiger partial charge in [0, 0.05) is 13.0 Å². The molecule has 1 aromatic carbocycles. The zero-order chi connectivity index (χ0) is 16.7. The quantitative estimate of drug-likeness (QED) is 0.255. The van der Waals surface area contributed by atoms with Crippen LogP contribution >= 0.6 is 24.8 Å². The van der Waals surface area contributed by atoms with Gasteiger partial charge in [-0.1, -0.05) is 35.5 Å². The van der Waals surface area contributed by atoms with Gasteiger partial charge in [0.2, 0.25) is 0 Å². The molecule has 0 spiro atoms. The zero-order valence-corrected chi connectivity index (χ0v) is 16.0. The van der Waals surface area contributed by atoms with Crippen molar-refractivity contribution in [3.05, 3.63) is 35.9 Å². The van der Waals surface area contributed by atoms with Gasteiger partial charge in [0.25, 0.3) is 0 Å². The van der Waals surface area contributed by atoms with E-state index in [9.17, 15) is 4.79 Å². The van der Waals surface area contributed by atoms with Crippen LogP contribution in [0.25, 0.3) is 0 Å². The number of benzene rings is 1. The highest BCUT2D eigenvalue weighted by atomic mass is 35.5. The molecule has 2 rings (SSSR count). The fourth-order valence-electron chi connectivity index (χ4n) is 3.12. The van der Waals surface area contributed by atoms with E-state index in [1.165, 1.54) is 0 Å². The zero-order valence-electron chi connectivity index (χ0n) is 14.4. The lowest BCUT2D eigenvalue weighted by Gasteiger charge is -2.40. The molecule has 0 saturated carbocycles. The van der Waals surface area contributed by atoms with Gasteiger partial charge in [-0.2, -0.15) is 0 Å². The van der Waals surface area contributed by atoms with Gasteiger partial charge in [-0.05, 0) is 38.4 Å². The summed E-state index contributed by atoms with van der Waals surface area (Å²) in [5.74, 6) is 0.0950. The second-order valence-electron chi connectivity index (χ2n) is 5.85. The van der Waals surface area contributed by atoms with E-state index in [4.69, 9.17) is 15.7 Å². The maximum Gasteiger partial charge on any atom is 0.316 e. The molecule has 1 aliphatic rings. The van der Waals surface area contributed by atoms with Crippen LogP contribution in [0.15, 0.2) is 35.5 Å². The normalized spacial score (nSPS) is 17.1. The number of piperidine rings is 1. The molecule has 25 heavy (non-hydrogen) atoms. The largest absolute Gasteiger partial charge is 0.465 e. The predicted octanol–water partition coefficient (Wildman–Crippen LogP) is 2.56. The number of carbonyl (C=O) groups excluding carboxylic acids is 1. The number of nitrogens with two attached hydrogens (primary N) is 1. The number of nitrogens with zero attached hydrogens (tertiary/aromatic N) is 2. The van der Waals surface area contributed by atoms with E-state index < -0.39 is 5.41 Å². The Labute approximate surface area is 161 Å². The molecule has 0 unspecified atom stereocenters. The van der Waals surface area contributed by atoms with Crippen molar-refractivity contribution in [1.82, 2.24) is 4.90 Å². The van der Waals surface area contributed by atoms with E-state index in [2.05, 4.69) is 10.1 Å². The maximum absolute atomic E-state index is 12.6. The summed E-state index contributed by atoms with van der Waals surface area (Å²) in [7, 11) is 0. The molecule has 0 aromatic heterocycles. The molecule has 1 aromatic rings. The van der Waals surface area contributed by atoms with E-state index in [0.717, 1.165) is 25.2 Å². The third-order valence-corrected chi connectivity index (χ3v) is 4.51. The van der Waals surface area contributed by atoms with Crippen molar-refractivity contribution < 1.29 is 14.7 Å². The first-order chi connectivity index (χ1) is 11.1. The monoisotopic (exact) mass is 391 g/mol. The molecular formula is C17H27Cl2N3O3. The molecule has 0 aliphatic carbocycles. The van der Waals surface area contributed by atoms with Gasteiger partial charge in [0.05, 0.1) is 12.0 Å². The van der Waals surface area contributed by atoms with Crippen molar-refractivity contribution in [2.24, 2.45) is 10.9 Å². The second-order valence-corrected chi connectivity index (χ2v) is 5.85. The summed E-state index contributed by atoms with van der Waals surface area (Å²) in [6.45, 7) is 4.52. The SMILES string of the molecule is CCOC(=O)C1(c2ccccc2)CCN(CC/C(N)=N\O)CC1.Cl.Cl. The summed E-state index contributed by atoms with van der Waals surface area (Å²) in [4.78, 5) is 14.9. The molecule has 0 radical (unpaired) electrons. The Morgan fingerprint density at radius 3 is 2.40 bits per heavy atom. The standard InChI is InChI=1S/C17H25N3O3.2ClH/c1-2-23-16(21)17(14-6-4-3-5-7-14)9-12-20(13-10-17)11-8-15(18)19-22;;/h3-7,22H,2,8-13H2,1H3,(H2,18,19);2*1H. The highest BCUT2D eigenvalue weighted by Gasteiger charge is 2.44. The van der Waals surface area contributed by atoms with Crippen LogP contribution in [-0.4, -0.2) is 48.2 Å². The lowest BCUT2D eigenvalue weighted by Crippen LogP contribution is -2.48. The second kappa shape index (κ2) is 11.2. The van der Waals surface area contributed by atoms with Crippen molar-refractivity contribution in [2.75, 3.05) is 26.2 Å². The summed E-state index contributed by atoms with van der Waals surface area (Å²) >= 11 is 0. The summed E-state index contributed by atoms with van der Waals surface area (Å²) < 4.78 is 5.36. The number of carbonyl (C=O) groups is 1.